The summed E-state index contributed by atoms with van der Waals surface area (Å²) in [7, 11) is 1.94. The Morgan fingerprint density at radius 2 is 2.28 bits per heavy atom. The summed E-state index contributed by atoms with van der Waals surface area (Å²) < 4.78 is 16.6. The number of benzene rings is 1. The summed E-state index contributed by atoms with van der Waals surface area (Å²) in [5.41, 5.74) is 1.20. The van der Waals surface area contributed by atoms with Crippen LogP contribution in [0.15, 0.2) is 18.2 Å². The van der Waals surface area contributed by atoms with Crippen LogP contribution in [0.5, 0.6) is 11.5 Å². The molecule has 2 aliphatic rings. The lowest BCUT2D eigenvalue weighted by atomic mass is 10.1. The maximum atomic E-state index is 5.61. The second kappa shape index (κ2) is 5.16. The van der Waals surface area contributed by atoms with Gasteiger partial charge in [0.15, 0.2) is 6.79 Å². The van der Waals surface area contributed by atoms with Gasteiger partial charge in [-0.15, -0.1) is 0 Å². The standard InChI is InChI=1S/C14H19NO3/c1-15-13-8-17-14-6-11(4-5-12(13)14)18-9-16-7-10-2-3-10/h4-6,10,13,15H,2-3,7-9H2,1H3. The third-order valence-corrected chi connectivity index (χ3v) is 3.47. The average molecular weight is 249 g/mol. The first-order chi connectivity index (χ1) is 8.86. The van der Waals surface area contributed by atoms with Crippen molar-refractivity contribution in [1.82, 2.24) is 5.32 Å². The van der Waals surface area contributed by atoms with Gasteiger partial charge >= 0.3 is 0 Å². The molecule has 18 heavy (non-hydrogen) atoms. The first kappa shape index (κ1) is 11.8. The second-order valence-electron chi connectivity index (χ2n) is 4.93. The van der Waals surface area contributed by atoms with Gasteiger partial charge < -0.3 is 19.5 Å². The van der Waals surface area contributed by atoms with E-state index >= 15 is 0 Å². The van der Waals surface area contributed by atoms with Gasteiger partial charge in [0.05, 0.1) is 12.6 Å². The Bertz CT molecular complexity index is 418. The molecular formula is C14H19NO3. The van der Waals surface area contributed by atoms with E-state index in [1.54, 1.807) is 0 Å². The molecule has 1 atom stereocenters. The molecule has 1 heterocycles. The van der Waals surface area contributed by atoms with Crippen LogP contribution in [-0.2, 0) is 4.74 Å². The lowest BCUT2D eigenvalue weighted by Gasteiger charge is -2.09. The monoisotopic (exact) mass is 249 g/mol. The van der Waals surface area contributed by atoms with Crippen molar-refractivity contribution in [1.29, 1.82) is 0 Å². The zero-order chi connectivity index (χ0) is 12.4. The minimum Gasteiger partial charge on any atom is -0.491 e. The third kappa shape index (κ3) is 2.60. The quantitative estimate of drug-likeness (QED) is 0.619. The molecule has 4 heteroatoms. The highest BCUT2D eigenvalue weighted by Crippen LogP contribution is 2.35. The Balaban J connectivity index is 1.53. The van der Waals surface area contributed by atoms with Crippen molar-refractivity contribution in [3.05, 3.63) is 23.8 Å². The van der Waals surface area contributed by atoms with Crippen molar-refractivity contribution >= 4 is 0 Å². The molecule has 1 aromatic carbocycles. The molecule has 4 nitrogen and oxygen atoms in total. The van der Waals surface area contributed by atoms with Gasteiger partial charge in [-0.2, -0.15) is 0 Å². The predicted octanol–water partition coefficient (Wildman–Crippen LogP) is 2.10. The zero-order valence-corrected chi connectivity index (χ0v) is 10.6. The van der Waals surface area contributed by atoms with Crippen LogP contribution in [0.3, 0.4) is 0 Å². The van der Waals surface area contributed by atoms with Crippen LogP contribution in [0, 0.1) is 5.92 Å². The van der Waals surface area contributed by atoms with E-state index in [4.69, 9.17) is 14.2 Å². The molecule has 0 spiro atoms. The largest absolute Gasteiger partial charge is 0.491 e. The van der Waals surface area contributed by atoms with Gasteiger partial charge in [0, 0.05) is 11.6 Å². The van der Waals surface area contributed by atoms with Crippen LogP contribution < -0.4 is 14.8 Å². The van der Waals surface area contributed by atoms with E-state index in [9.17, 15) is 0 Å². The molecule has 1 aromatic rings. The second-order valence-corrected chi connectivity index (χ2v) is 4.93. The van der Waals surface area contributed by atoms with Gasteiger partial charge in [-0.3, -0.25) is 0 Å². The number of fused-ring (bicyclic) bond motifs is 1. The SMILES string of the molecule is CNC1COc2cc(OCOCC3CC3)ccc21. The van der Waals surface area contributed by atoms with E-state index in [0.717, 1.165) is 24.0 Å². The molecular weight excluding hydrogens is 230 g/mol. The Morgan fingerprint density at radius 1 is 1.39 bits per heavy atom. The lowest BCUT2D eigenvalue weighted by molar-refractivity contribution is 0.00990. The summed E-state index contributed by atoms with van der Waals surface area (Å²) in [5.74, 6) is 2.49. The van der Waals surface area contributed by atoms with Gasteiger partial charge in [0.2, 0.25) is 0 Å². The Kier molecular flexibility index (Phi) is 3.39. The van der Waals surface area contributed by atoms with Gasteiger partial charge in [-0.1, -0.05) is 0 Å². The number of hydrogen-bond acceptors (Lipinski definition) is 4. The minimum atomic E-state index is 0.292. The van der Waals surface area contributed by atoms with Crippen molar-refractivity contribution in [2.75, 3.05) is 27.1 Å². The van der Waals surface area contributed by atoms with Crippen LogP contribution in [0.2, 0.25) is 0 Å². The van der Waals surface area contributed by atoms with Crippen LogP contribution >= 0.6 is 0 Å². The average Bonchev–Trinajstić information content (AvgIpc) is 3.13. The summed E-state index contributed by atoms with van der Waals surface area (Å²) >= 11 is 0. The first-order valence-corrected chi connectivity index (χ1v) is 6.51. The molecule has 1 saturated carbocycles. The van der Waals surface area contributed by atoms with Gasteiger partial charge in [0.1, 0.15) is 18.1 Å². The number of rotatable bonds is 6. The fourth-order valence-electron chi connectivity index (χ4n) is 2.13. The molecule has 98 valence electrons. The van der Waals surface area contributed by atoms with Crippen LogP contribution in [-0.4, -0.2) is 27.1 Å². The highest BCUT2D eigenvalue weighted by molar-refractivity contribution is 5.44. The fourth-order valence-corrected chi connectivity index (χ4v) is 2.13. The molecule has 1 aliphatic carbocycles. The van der Waals surface area contributed by atoms with Crippen LogP contribution in [0.25, 0.3) is 0 Å². The van der Waals surface area contributed by atoms with E-state index in [0.29, 0.717) is 19.4 Å². The first-order valence-electron chi connectivity index (χ1n) is 6.51. The van der Waals surface area contributed by atoms with E-state index in [2.05, 4.69) is 11.4 Å². The molecule has 3 rings (SSSR count). The topological polar surface area (TPSA) is 39.7 Å². The molecule has 0 amide bonds. The summed E-state index contributed by atoms with van der Waals surface area (Å²) in [6, 6.07) is 6.26. The van der Waals surface area contributed by atoms with E-state index in [-0.39, 0.29) is 0 Å². The summed E-state index contributed by atoms with van der Waals surface area (Å²) in [4.78, 5) is 0. The highest BCUT2D eigenvalue weighted by Gasteiger charge is 2.23. The normalized spacial score (nSPS) is 21.5. The van der Waals surface area contributed by atoms with Crippen molar-refractivity contribution in [3.63, 3.8) is 0 Å². The van der Waals surface area contributed by atoms with Crippen LogP contribution in [0.1, 0.15) is 24.4 Å². The number of hydrogen-bond donors (Lipinski definition) is 1. The lowest BCUT2D eigenvalue weighted by Crippen LogP contribution is -2.17. The van der Waals surface area contributed by atoms with Gasteiger partial charge in [0.25, 0.3) is 0 Å². The minimum absolute atomic E-state index is 0.292. The molecule has 1 fully saturated rings. The fraction of sp³-hybridized carbons (Fsp3) is 0.571. The highest BCUT2D eigenvalue weighted by atomic mass is 16.7. The molecule has 0 aromatic heterocycles. The third-order valence-electron chi connectivity index (χ3n) is 3.47. The zero-order valence-electron chi connectivity index (χ0n) is 10.6. The molecule has 1 aliphatic heterocycles. The number of nitrogens with one attached hydrogen (secondary N) is 1. The van der Waals surface area contributed by atoms with Crippen molar-refractivity contribution in [2.45, 2.75) is 18.9 Å². The van der Waals surface area contributed by atoms with Gasteiger partial charge in [-0.25, -0.2) is 0 Å². The molecule has 0 saturated heterocycles. The van der Waals surface area contributed by atoms with E-state index in [1.165, 1.54) is 18.4 Å². The van der Waals surface area contributed by atoms with E-state index in [1.807, 2.05) is 19.2 Å². The Hall–Kier alpha value is -1.26. The Morgan fingerprint density at radius 3 is 3.06 bits per heavy atom. The van der Waals surface area contributed by atoms with Gasteiger partial charge in [-0.05, 0) is 37.9 Å². The Labute approximate surface area is 107 Å². The van der Waals surface area contributed by atoms with E-state index < -0.39 is 0 Å². The summed E-state index contributed by atoms with van der Waals surface area (Å²) in [5, 5.41) is 3.22. The van der Waals surface area contributed by atoms with Crippen molar-refractivity contribution < 1.29 is 14.2 Å². The van der Waals surface area contributed by atoms with Crippen LogP contribution in [0.4, 0.5) is 0 Å². The molecule has 0 bridgehead atoms. The maximum Gasteiger partial charge on any atom is 0.189 e. The summed E-state index contributed by atoms with van der Waals surface area (Å²) in [6.45, 7) is 1.83. The molecule has 1 unspecified atom stereocenters. The number of likely N-dealkylation sites (N-methyl/N-ethyl adjacent to an activating group) is 1. The molecule has 0 radical (unpaired) electrons. The smallest absolute Gasteiger partial charge is 0.189 e. The summed E-state index contributed by atoms with van der Waals surface area (Å²) in [6.07, 6.45) is 2.61. The maximum absolute atomic E-state index is 5.61. The van der Waals surface area contributed by atoms with Crippen molar-refractivity contribution in [3.8, 4) is 11.5 Å². The number of ether oxygens (including phenoxy) is 3. The molecule has 1 N–H and O–H groups in total. The van der Waals surface area contributed by atoms with Crippen molar-refractivity contribution in [2.24, 2.45) is 5.92 Å². The predicted molar refractivity (Wildman–Crippen MR) is 67.9 cm³/mol.